The Bertz CT molecular complexity index is 581. The Balaban J connectivity index is 2.31. The number of hydrogen-bond donors (Lipinski definition) is 3. The van der Waals surface area contributed by atoms with Crippen LogP contribution in [0.1, 0.15) is 12.5 Å². The van der Waals surface area contributed by atoms with E-state index >= 15 is 0 Å². The van der Waals surface area contributed by atoms with E-state index in [0.717, 1.165) is 5.69 Å². The van der Waals surface area contributed by atoms with Crippen LogP contribution in [0, 0.1) is 5.41 Å². The first kappa shape index (κ1) is 16.5. The van der Waals surface area contributed by atoms with Crippen molar-refractivity contribution in [2.45, 2.75) is 13.0 Å². The zero-order valence-corrected chi connectivity index (χ0v) is 13.1. The first-order chi connectivity index (χ1) is 10.5. The monoisotopic (exact) mass is 325 g/mol. The molecule has 1 fully saturated rings. The smallest absolute Gasteiger partial charge is 0.219 e. The van der Waals surface area contributed by atoms with Gasteiger partial charge in [-0.15, -0.1) is 0 Å². The van der Waals surface area contributed by atoms with Gasteiger partial charge in [0.15, 0.2) is 0 Å². The van der Waals surface area contributed by atoms with Crippen molar-refractivity contribution < 1.29 is 9.63 Å². The summed E-state index contributed by atoms with van der Waals surface area (Å²) in [5.41, 5.74) is 7.79. The van der Waals surface area contributed by atoms with Gasteiger partial charge in [0.2, 0.25) is 5.91 Å². The minimum absolute atomic E-state index is 0.0143. The van der Waals surface area contributed by atoms with Gasteiger partial charge in [0.05, 0.1) is 12.6 Å². The lowest BCUT2D eigenvalue weighted by Gasteiger charge is -2.42. The first-order valence-electron chi connectivity index (χ1n) is 6.91. The van der Waals surface area contributed by atoms with Crippen molar-refractivity contribution in [1.29, 1.82) is 5.41 Å². The van der Waals surface area contributed by atoms with Crippen molar-refractivity contribution in [3.8, 4) is 0 Å². The standard InChI is InChI=1S/C14H20ClN5O2/c1-9(21)20-3-2-19(7-11(20)8-22-18)14-5-10(15)4-13(17)12(14)6-16/h4-6,11,16H,2-3,7-8,17-18H2,1H3. The van der Waals surface area contributed by atoms with Crippen LogP contribution < -0.4 is 16.5 Å². The second-order valence-corrected chi connectivity index (χ2v) is 5.65. The molecule has 1 aromatic rings. The van der Waals surface area contributed by atoms with Crippen molar-refractivity contribution in [3.05, 3.63) is 22.7 Å². The summed E-state index contributed by atoms with van der Waals surface area (Å²) in [7, 11) is 0. The number of nitrogen functional groups attached to an aromatic ring is 1. The first-order valence-corrected chi connectivity index (χ1v) is 7.29. The van der Waals surface area contributed by atoms with Crippen LogP contribution in [0.2, 0.25) is 5.02 Å². The topological polar surface area (TPSA) is 109 Å². The number of amides is 1. The Kier molecular flexibility index (Phi) is 5.23. The summed E-state index contributed by atoms with van der Waals surface area (Å²) < 4.78 is 0. The van der Waals surface area contributed by atoms with Crippen molar-refractivity contribution in [3.63, 3.8) is 0 Å². The minimum Gasteiger partial charge on any atom is -0.398 e. The Morgan fingerprint density at radius 2 is 2.27 bits per heavy atom. The molecular weight excluding hydrogens is 306 g/mol. The number of benzene rings is 1. The molecule has 0 saturated carbocycles. The molecule has 7 nitrogen and oxygen atoms in total. The number of carbonyl (C=O) groups is 1. The van der Waals surface area contributed by atoms with Crippen LogP contribution >= 0.6 is 11.6 Å². The van der Waals surface area contributed by atoms with Crippen molar-refractivity contribution in [1.82, 2.24) is 4.90 Å². The van der Waals surface area contributed by atoms with E-state index in [0.29, 0.717) is 35.9 Å². The fourth-order valence-corrected chi connectivity index (χ4v) is 3.01. The summed E-state index contributed by atoms with van der Waals surface area (Å²) in [6, 6.07) is 3.25. The predicted molar refractivity (Wildman–Crippen MR) is 87.3 cm³/mol. The van der Waals surface area contributed by atoms with Crippen LogP contribution in [-0.4, -0.2) is 49.3 Å². The van der Waals surface area contributed by atoms with E-state index < -0.39 is 0 Å². The van der Waals surface area contributed by atoms with Gasteiger partial charge in [-0.25, -0.2) is 5.90 Å². The highest BCUT2D eigenvalue weighted by atomic mass is 35.5. The SMILES string of the molecule is CC(=O)N1CCN(c2cc(Cl)cc(N)c2C=N)CC1CON. The summed E-state index contributed by atoms with van der Waals surface area (Å²) >= 11 is 6.08. The van der Waals surface area contributed by atoms with E-state index in [-0.39, 0.29) is 18.6 Å². The molecule has 1 amide bonds. The Morgan fingerprint density at radius 1 is 1.55 bits per heavy atom. The van der Waals surface area contributed by atoms with Gasteiger partial charge in [-0.1, -0.05) is 11.6 Å². The van der Waals surface area contributed by atoms with E-state index in [9.17, 15) is 4.79 Å². The zero-order chi connectivity index (χ0) is 16.3. The number of nitrogens with one attached hydrogen (secondary N) is 1. The summed E-state index contributed by atoms with van der Waals surface area (Å²) in [5.74, 6) is 5.16. The van der Waals surface area contributed by atoms with E-state index in [1.54, 1.807) is 17.0 Å². The number of nitrogens with two attached hydrogens (primary N) is 2. The predicted octanol–water partition coefficient (Wildman–Crippen LogP) is 0.847. The maximum absolute atomic E-state index is 11.7. The van der Waals surface area contributed by atoms with Crippen LogP contribution in [0.3, 0.4) is 0 Å². The van der Waals surface area contributed by atoms with Gasteiger partial charge in [-0.2, -0.15) is 0 Å². The van der Waals surface area contributed by atoms with Gasteiger partial charge >= 0.3 is 0 Å². The van der Waals surface area contributed by atoms with Crippen molar-refractivity contribution in [2.75, 3.05) is 36.9 Å². The van der Waals surface area contributed by atoms with Crippen LogP contribution in [0.15, 0.2) is 12.1 Å². The molecule has 0 bridgehead atoms. The van der Waals surface area contributed by atoms with Crippen LogP contribution in [-0.2, 0) is 9.63 Å². The third-order valence-electron chi connectivity index (χ3n) is 3.82. The molecule has 0 spiro atoms. The molecule has 0 aliphatic carbocycles. The lowest BCUT2D eigenvalue weighted by Crippen LogP contribution is -2.57. The third-order valence-corrected chi connectivity index (χ3v) is 4.03. The normalized spacial score (nSPS) is 18.4. The second-order valence-electron chi connectivity index (χ2n) is 5.22. The fraction of sp³-hybridized carbons (Fsp3) is 0.429. The average Bonchev–Trinajstić information content (AvgIpc) is 2.46. The molecule has 8 heteroatoms. The molecular formula is C14H20ClN5O2. The molecule has 22 heavy (non-hydrogen) atoms. The molecule has 1 aliphatic heterocycles. The van der Waals surface area contributed by atoms with E-state index in [1.807, 2.05) is 4.90 Å². The fourth-order valence-electron chi connectivity index (χ4n) is 2.79. The number of rotatable bonds is 4. The molecule has 1 aromatic carbocycles. The van der Waals surface area contributed by atoms with Gasteiger partial charge in [0.25, 0.3) is 0 Å². The lowest BCUT2D eigenvalue weighted by molar-refractivity contribution is -0.133. The molecule has 0 radical (unpaired) electrons. The number of carbonyl (C=O) groups excluding carboxylic acids is 1. The van der Waals surface area contributed by atoms with Gasteiger partial charge in [0, 0.05) is 54.7 Å². The summed E-state index contributed by atoms with van der Waals surface area (Å²) in [6.45, 7) is 3.48. The zero-order valence-electron chi connectivity index (χ0n) is 12.4. The van der Waals surface area contributed by atoms with Gasteiger partial charge in [-0.05, 0) is 12.1 Å². The second kappa shape index (κ2) is 6.95. The summed E-state index contributed by atoms with van der Waals surface area (Å²) in [5, 5.41) is 8.08. The molecule has 5 N–H and O–H groups in total. The van der Waals surface area contributed by atoms with Crippen molar-refractivity contribution in [2.24, 2.45) is 5.90 Å². The molecule has 0 aromatic heterocycles. The highest BCUT2D eigenvalue weighted by Crippen LogP contribution is 2.30. The average molecular weight is 326 g/mol. The van der Waals surface area contributed by atoms with Crippen LogP contribution in [0.5, 0.6) is 0 Å². The maximum atomic E-state index is 11.7. The third kappa shape index (κ3) is 3.32. The van der Waals surface area contributed by atoms with Gasteiger partial charge in [-0.3, -0.25) is 4.79 Å². The molecule has 1 atom stereocenters. The Hall–Kier alpha value is -1.83. The molecule has 1 unspecified atom stereocenters. The largest absolute Gasteiger partial charge is 0.398 e. The number of piperazine rings is 1. The molecule has 120 valence electrons. The lowest BCUT2D eigenvalue weighted by atomic mass is 10.1. The summed E-state index contributed by atoms with van der Waals surface area (Å²) in [4.78, 5) is 20.2. The highest BCUT2D eigenvalue weighted by Gasteiger charge is 2.30. The molecule has 2 rings (SSSR count). The number of nitrogens with zero attached hydrogens (tertiary/aromatic N) is 2. The molecule has 1 heterocycles. The van der Waals surface area contributed by atoms with Crippen LogP contribution in [0.4, 0.5) is 11.4 Å². The van der Waals surface area contributed by atoms with E-state index in [4.69, 9.17) is 33.5 Å². The Labute approximate surface area is 134 Å². The number of hydrogen-bond acceptors (Lipinski definition) is 6. The molecule has 1 saturated heterocycles. The van der Waals surface area contributed by atoms with Gasteiger partial charge < -0.3 is 25.8 Å². The quantitative estimate of drug-likeness (QED) is 0.432. The Morgan fingerprint density at radius 3 is 2.86 bits per heavy atom. The van der Waals surface area contributed by atoms with E-state index in [1.165, 1.54) is 13.1 Å². The van der Waals surface area contributed by atoms with E-state index in [2.05, 4.69) is 0 Å². The minimum atomic E-state index is -0.157. The highest BCUT2D eigenvalue weighted by molar-refractivity contribution is 6.31. The number of halogens is 1. The van der Waals surface area contributed by atoms with Gasteiger partial charge in [0.1, 0.15) is 0 Å². The molecule has 1 aliphatic rings. The number of anilines is 2. The summed E-state index contributed by atoms with van der Waals surface area (Å²) in [6.07, 6.45) is 1.22. The maximum Gasteiger partial charge on any atom is 0.219 e. The van der Waals surface area contributed by atoms with Crippen molar-refractivity contribution >= 4 is 35.1 Å². The van der Waals surface area contributed by atoms with Crippen LogP contribution in [0.25, 0.3) is 0 Å².